The molecule has 1 aliphatic heterocycles. The quantitative estimate of drug-likeness (QED) is 0.799. The number of carbonyl (C=O) groups excluding carboxylic acids is 1. The number of amides is 1. The lowest BCUT2D eigenvalue weighted by Crippen LogP contribution is -2.55. The van der Waals surface area contributed by atoms with Crippen molar-refractivity contribution in [2.75, 3.05) is 24.5 Å². The molecule has 0 saturated carbocycles. The van der Waals surface area contributed by atoms with Gasteiger partial charge in [0.15, 0.2) is 0 Å². The molecule has 1 aromatic heterocycles. The zero-order valence-corrected chi connectivity index (χ0v) is 14.4. The molecule has 0 bridgehead atoms. The van der Waals surface area contributed by atoms with Crippen molar-refractivity contribution in [3.8, 4) is 0 Å². The van der Waals surface area contributed by atoms with Crippen LogP contribution in [-0.4, -0.2) is 46.7 Å². The Kier molecular flexibility index (Phi) is 4.14. The number of piperazine rings is 1. The first-order chi connectivity index (χ1) is 12.3. The Bertz CT molecular complexity index is 874. The second-order valence-electron chi connectivity index (χ2n) is 6.51. The van der Waals surface area contributed by atoms with Crippen molar-refractivity contribution in [1.82, 2.24) is 15.1 Å². The lowest BCUT2D eigenvalue weighted by molar-refractivity contribution is 0.0652. The van der Waals surface area contributed by atoms with E-state index in [1.165, 1.54) is 5.69 Å². The van der Waals surface area contributed by atoms with Crippen LogP contribution in [0.4, 0.5) is 5.69 Å². The summed E-state index contributed by atoms with van der Waals surface area (Å²) >= 11 is 0. The van der Waals surface area contributed by atoms with Gasteiger partial charge in [-0.2, -0.15) is 5.10 Å². The maximum atomic E-state index is 13.1. The van der Waals surface area contributed by atoms with Gasteiger partial charge in [0, 0.05) is 42.3 Å². The highest BCUT2D eigenvalue weighted by Gasteiger charge is 2.30. The Morgan fingerprint density at radius 2 is 2.04 bits per heavy atom. The minimum atomic E-state index is 0.114. The van der Waals surface area contributed by atoms with Gasteiger partial charge in [0.2, 0.25) is 0 Å². The zero-order chi connectivity index (χ0) is 17.2. The Hall–Kier alpha value is -2.82. The fourth-order valence-electron chi connectivity index (χ4n) is 3.59. The summed E-state index contributed by atoms with van der Waals surface area (Å²) in [6, 6.07) is 16.4. The highest BCUT2D eigenvalue weighted by atomic mass is 16.2. The van der Waals surface area contributed by atoms with Crippen LogP contribution in [0, 0.1) is 0 Å². The van der Waals surface area contributed by atoms with Gasteiger partial charge in [-0.3, -0.25) is 9.89 Å². The van der Waals surface area contributed by atoms with Gasteiger partial charge in [-0.25, -0.2) is 0 Å². The summed E-state index contributed by atoms with van der Waals surface area (Å²) in [6.45, 7) is 4.63. The zero-order valence-electron chi connectivity index (χ0n) is 14.4. The molecule has 4 rings (SSSR count). The molecular formula is C20H22N4O. The molecule has 2 heterocycles. The lowest BCUT2D eigenvalue weighted by Gasteiger charge is -2.42. The smallest absolute Gasteiger partial charge is 0.254 e. The molecule has 25 heavy (non-hydrogen) atoms. The summed E-state index contributed by atoms with van der Waals surface area (Å²) in [5.74, 6) is 0.114. The number of hydrogen-bond acceptors (Lipinski definition) is 3. The second-order valence-corrected chi connectivity index (χ2v) is 6.51. The van der Waals surface area contributed by atoms with Crippen molar-refractivity contribution >= 4 is 22.5 Å². The third-order valence-corrected chi connectivity index (χ3v) is 5.02. The molecule has 0 aliphatic carbocycles. The van der Waals surface area contributed by atoms with Crippen LogP contribution in [0.5, 0.6) is 0 Å². The van der Waals surface area contributed by atoms with E-state index in [1.54, 1.807) is 6.20 Å². The Labute approximate surface area is 147 Å². The molecule has 1 amide bonds. The molecule has 128 valence electrons. The maximum absolute atomic E-state index is 13.1. The SMILES string of the molecule is CCC1CN(c2ccccc2)CCN1C(=O)c1ccc2[nH]ncc2c1. The van der Waals surface area contributed by atoms with Crippen LogP contribution in [0.2, 0.25) is 0 Å². The van der Waals surface area contributed by atoms with E-state index in [0.29, 0.717) is 0 Å². The molecule has 2 aromatic carbocycles. The summed E-state index contributed by atoms with van der Waals surface area (Å²) in [5, 5.41) is 7.93. The van der Waals surface area contributed by atoms with Gasteiger partial charge in [0.25, 0.3) is 5.91 Å². The van der Waals surface area contributed by atoms with Crippen LogP contribution in [0.3, 0.4) is 0 Å². The highest BCUT2D eigenvalue weighted by molar-refractivity contribution is 5.98. The minimum Gasteiger partial charge on any atom is -0.368 e. The summed E-state index contributed by atoms with van der Waals surface area (Å²) in [6.07, 6.45) is 2.71. The van der Waals surface area contributed by atoms with E-state index in [9.17, 15) is 4.79 Å². The van der Waals surface area contributed by atoms with E-state index in [0.717, 1.165) is 42.5 Å². The average molecular weight is 334 g/mol. The van der Waals surface area contributed by atoms with Crippen molar-refractivity contribution in [2.45, 2.75) is 19.4 Å². The monoisotopic (exact) mass is 334 g/mol. The van der Waals surface area contributed by atoms with Crippen molar-refractivity contribution in [2.24, 2.45) is 0 Å². The molecule has 1 saturated heterocycles. The Morgan fingerprint density at radius 3 is 2.84 bits per heavy atom. The first kappa shape index (κ1) is 15.7. The summed E-state index contributed by atoms with van der Waals surface area (Å²) in [5.41, 5.74) is 2.92. The van der Waals surface area contributed by atoms with E-state index in [1.807, 2.05) is 29.2 Å². The number of fused-ring (bicyclic) bond motifs is 1. The van der Waals surface area contributed by atoms with Crippen LogP contribution in [0.25, 0.3) is 10.9 Å². The number of nitrogens with one attached hydrogen (secondary N) is 1. The van der Waals surface area contributed by atoms with Crippen molar-refractivity contribution in [3.05, 3.63) is 60.3 Å². The topological polar surface area (TPSA) is 52.2 Å². The largest absolute Gasteiger partial charge is 0.368 e. The number of nitrogens with zero attached hydrogens (tertiary/aromatic N) is 3. The molecule has 0 spiro atoms. The number of benzene rings is 2. The fraction of sp³-hybridized carbons (Fsp3) is 0.300. The molecule has 1 N–H and O–H groups in total. The summed E-state index contributed by atoms with van der Waals surface area (Å²) in [4.78, 5) is 17.5. The summed E-state index contributed by atoms with van der Waals surface area (Å²) in [7, 11) is 0. The molecule has 5 nitrogen and oxygen atoms in total. The molecule has 1 unspecified atom stereocenters. The molecule has 5 heteroatoms. The number of aromatic nitrogens is 2. The minimum absolute atomic E-state index is 0.114. The van der Waals surface area contributed by atoms with Gasteiger partial charge in [-0.1, -0.05) is 25.1 Å². The number of para-hydroxylation sites is 1. The summed E-state index contributed by atoms with van der Waals surface area (Å²) < 4.78 is 0. The van der Waals surface area contributed by atoms with E-state index in [-0.39, 0.29) is 11.9 Å². The molecular weight excluding hydrogens is 312 g/mol. The second kappa shape index (κ2) is 6.59. The predicted molar refractivity (Wildman–Crippen MR) is 99.9 cm³/mol. The van der Waals surface area contributed by atoms with Crippen LogP contribution >= 0.6 is 0 Å². The van der Waals surface area contributed by atoms with Crippen molar-refractivity contribution in [3.63, 3.8) is 0 Å². The van der Waals surface area contributed by atoms with Crippen LogP contribution < -0.4 is 4.90 Å². The standard InChI is InChI=1S/C20H22N4O/c1-2-17-14-23(18-6-4-3-5-7-18)10-11-24(17)20(25)15-8-9-19-16(12-15)13-21-22-19/h3-9,12-13,17H,2,10-11,14H2,1H3,(H,21,22). The van der Waals surface area contributed by atoms with Gasteiger partial charge in [0.05, 0.1) is 11.7 Å². The molecule has 3 aromatic rings. The number of anilines is 1. The number of H-pyrrole nitrogens is 1. The van der Waals surface area contributed by atoms with Gasteiger partial charge in [-0.15, -0.1) is 0 Å². The van der Waals surface area contributed by atoms with Gasteiger partial charge >= 0.3 is 0 Å². The van der Waals surface area contributed by atoms with E-state index >= 15 is 0 Å². The Balaban J connectivity index is 1.54. The van der Waals surface area contributed by atoms with Gasteiger partial charge in [-0.05, 0) is 36.8 Å². The van der Waals surface area contributed by atoms with Crippen molar-refractivity contribution < 1.29 is 4.79 Å². The molecule has 1 aliphatic rings. The van der Waals surface area contributed by atoms with Gasteiger partial charge in [0.1, 0.15) is 0 Å². The molecule has 0 radical (unpaired) electrons. The maximum Gasteiger partial charge on any atom is 0.254 e. The highest BCUT2D eigenvalue weighted by Crippen LogP contribution is 2.23. The number of hydrogen-bond donors (Lipinski definition) is 1. The first-order valence-corrected chi connectivity index (χ1v) is 8.80. The predicted octanol–water partition coefficient (Wildman–Crippen LogP) is 3.30. The number of carbonyl (C=O) groups is 1. The average Bonchev–Trinajstić information content (AvgIpc) is 3.15. The first-order valence-electron chi connectivity index (χ1n) is 8.80. The molecule has 1 atom stereocenters. The fourth-order valence-corrected chi connectivity index (χ4v) is 3.59. The van der Waals surface area contributed by atoms with E-state index in [2.05, 4.69) is 46.3 Å². The third kappa shape index (κ3) is 2.97. The molecule has 1 fully saturated rings. The number of rotatable bonds is 3. The van der Waals surface area contributed by atoms with E-state index < -0.39 is 0 Å². The third-order valence-electron chi connectivity index (χ3n) is 5.02. The van der Waals surface area contributed by atoms with Crippen molar-refractivity contribution in [1.29, 1.82) is 0 Å². The van der Waals surface area contributed by atoms with Crippen LogP contribution in [-0.2, 0) is 0 Å². The van der Waals surface area contributed by atoms with Gasteiger partial charge < -0.3 is 9.80 Å². The Morgan fingerprint density at radius 1 is 1.20 bits per heavy atom. The van der Waals surface area contributed by atoms with Crippen LogP contribution in [0.1, 0.15) is 23.7 Å². The van der Waals surface area contributed by atoms with E-state index in [4.69, 9.17) is 0 Å². The lowest BCUT2D eigenvalue weighted by atomic mass is 10.1. The number of aromatic amines is 1. The normalized spacial score (nSPS) is 17.9. The van der Waals surface area contributed by atoms with Crippen LogP contribution in [0.15, 0.2) is 54.7 Å².